The molecule has 0 fully saturated rings. The van der Waals surface area contributed by atoms with Crippen LogP contribution in [0.2, 0.25) is 0 Å². The Hall–Kier alpha value is -1.49. The van der Waals surface area contributed by atoms with Gasteiger partial charge in [-0.15, -0.1) is 0 Å². The topological polar surface area (TPSA) is 80.9 Å². The van der Waals surface area contributed by atoms with Gasteiger partial charge in [-0.3, -0.25) is 4.79 Å². The molecule has 0 saturated heterocycles. The lowest BCUT2D eigenvalue weighted by Crippen LogP contribution is -2.40. The minimum absolute atomic E-state index is 0.116. The van der Waals surface area contributed by atoms with E-state index in [0.717, 1.165) is 25.0 Å². The monoisotopic (exact) mass is 236 g/mol. The average molecular weight is 236 g/mol. The highest BCUT2D eigenvalue weighted by molar-refractivity contribution is 5.81. The van der Waals surface area contributed by atoms with E-state index in [1.807, 2.05) is 6.92 Å². The van der Waals surface area contributed by atoms with Crippen LogP contribution in [0.15, 0.2) is 12.3 Å². The van der Waals surface area contributed by atoms with Crippen LogP contribution in [0.1, 0.15) is 37.7 Å². The van der Waals surface area contributed by atoms with Crippen LogP contribution in [0, 0.1) is 6.92 Å². The van der Waals surface area contributed by atoms with E-state index in [2.05, 4.69) is 22.2 Å². The number of aryl methyl sites for hydroxylation is 1. The van der Waals surface area contributed by atoms with E-state index in [1.54, 1.807) is 12.3 Å². The van der Waals surface area contributed by atoms with Gasteiger partial charge in [-0.2, -0.15) is 0 Å². The standard InChI is InChI=1S/C12H20N4O/c1-3-4-5-11(13)12(17)15-8-10-6-7-14-9(2)16-10/h6-7,11H,3-5,8,13H2,1-2H3,(H,15,17). The summed E-state index contributed by atoms with van der Waals surface area (Å²) in [6, 6.07) is 1.36. The van der Waals surface area contributed by atoms with Gasteiger partial charge in [0.2, 0.25) is 5.91 Å². The van der Waals surface area contributed by atoms with Crippen molar-refractivity contribution in [2.24, 2.45) is 5.73 Å². The Morgan fingerprint density at radius 2 is 2.35 bits per heavy atom. The molecule has 0 aromatic carbocycles. The molecule has 0 saturated carbocycles. The summed E-state index contributed by atoms with van der Waals surface area (Å²) in [6.07, 6.45) is 4.43. The molecule has 17 heavy (non-hydrogen) atoms. The Morgan fingerprint density at radius 3 is 3.00 bits per heavy atom. The highest BCUT2D eigenvalue weighted by Gasteiger charge is 2.12. The van der Waals surface area contributed by atoms with Crippen LogP contribution in [-0.2, 0) is 11.3 Å². The number of carbonyl (C=O) groups is 1. The first-order valence-electron chi connectivity index (χ1n) is 5.95. The van der Waals surface area contributed by atoms with Crippen LogP contribution in [0.25, 0.3) is 0 Å². The molecular formula is C12H20N4O. The third kappa shape index (κ3) is 4.91. The van der Waals surface area contributed by atoms with Gasteiger partial charge in [-0.05, 0) is 19.4 Å². The Balaban J connectivity index is 2.37. The number of hydrogen-bond acceptors (Lipinski definition) is 4. The van der Waals surface area contributed by atoms with E-state index < -0.39 is 6.04 Å². The maximum atomic E-state index is 11.6. The van der Waals surface area contributed by atoms with Gasteiger partial charge < -0.3 is 11.1 Å². The summed E-state index contributed by atoms with van der Waals surface area (Å²) in [7, 11) is 0. The molecule has 3 N–H and O–H groups in total. The number of nitrogens with two attached hydrogens (primary N) is 1. The van der Waals surface area contributed by atoms with Gasteiger partial charge in [-0.25, -0.2) is 9.97 Å². The molecule has 1 heterocycles. The molecule has 0 aliphatic rings. The number of hydrogen-bond donors (Lipinski definition) is 2. The molecule has 1 aromatic rings. The summed E-state index contributed by atoms with van der Waals surface area (Å²) in [6.45, 7) is 4.30. The Bertz CT molecular complexity index is 367. The number of carbonyl (C=O) groups excluding carboxylic acids is 1. The second-order valence-corrected chi connectivity index (χ2v) is 4.06. The average Bonchev–Trinajstić information content (AvgIpc) is 2.33. The van der Waals surface area contributed by atoms with E-state index >= 15 is 0 Å². The summed E-state index contributed by atoms with van der Waals surface area (Å²) in [5.74, 6) is 0.585. The maximum Gasteiger partial charge on any atom is 0.237 e. The SMILES string of the molecule is CCCCC(N)C(=O)NCc1ccnc(C)n1. The van der Waals surface area contributed by atoms with E-state index in [1.165, 1.54) is 0 Å². The predicted molar refractivity (Wildman–Crippen MR) is 66.1 cm³/mol. The molecule has 1 aromatic heterocycles. The highest BCUT2D eigenvalue weighted by atomic mass is 16.2. The lowest BCUT2D eigenvalue weighted by molar-refractivity contribution is -0.122. The zero-order valence-corrected chi connectivity index (χ0v) is 10.4. The van der Waals surface area contributed by atoms with Crippen LogP contribution < -0.4 is 11.1 Å². The number of aromatic nitrogens is 2. The molecule has 5 nitrogen and oxygen atoms in total. The second kappa shape index (κ2) is 6.96. The molecule has 1 rings (SSSR count). The molecule has 1 amide bonds. The van der Waals surface area contributed by atoms with Crippen molar-refractivity contribution in [2.75, 3.05) is 0 Å². The molecule has 1 unspecified atom stereocenters. The zero-order chi connectivity index (χ0) is 12.7. The molecule has 0 bridgehead atoms. The number of nitrogens with one attached hydrogen (secondary N) is 1. The number of nitrogens with zero attached hydrogens (tertiary/aromatic N) is 2. The van der Waals surface area contributed by atoms with Crippen LogP contribution in [0.4, 0.5) is 0 Å². The Labute approximate surface area is 102 Å². The van der Waals surface area contributed by atoms with Crippen molar-refractivity contribution in [1.29, 1.82) is 0 Å². The van der Waals surface area contributed by atoms with Gasteiger partial charge >= 0.3 is 0 Å². The first-order chi connectivity index (χ1) is 8.13. The van der Waals surface area contributed by atoms with E-state index in [4.69, 9.17) is 5.73 Å². The fourth-order valence-electron chi connectivity index (χ4n) is 1.47. The van der Waals surface area contributed by atoms with Crippen molar-refractivity contribution in [3.63, 3.8) is 0 Å². The van der Waals surface area contributed by atoms with Gasteiger partial charge in [0, 0.05) is 6.20 Å². The third-order valence-corrected chi connectivity index (χ3v) is 2.48. The first-order valence-corrected chi connectivity index (χ1v) is 5.95. The molecule has 94 valence electrons. The fraction of sp³-hybridized carbons (Fsp3) is 0.583. The summed E-state index contributed by atoms with van der Waals surface area (Å²) in [5.41, 5.74) is 6.55. The van der Waals surface area contributed by atoms with Crippen molar-refractivity contribution >= 4 is 5.91 Å². The lowest BCUT2D eigenvalue weighted by Gasteiger charge is -2.11. The van der Waals surface area contributed by atoms with Gasteiger partial charge in [0.1, 0.15) is 5.82 Å². The van der Waals surface area contributed by atoms with E-state index in [9.17, 15) is 4.79 Å². The molecule has 0 spiro atoms. The van der Waals surface area contributed by atoms with Crippen molar-refractivity contribution in [3.8, 4) is 0 Å². The molecular weight excluding hydrogens is 216 g/mol. The molecule has 0 radical (unpaired) electrons. The van der Waals surface area contributed by atoms with Crippen molar-refractivity contribution < 1.29 is 4.79 Å². The second-order valence-electron chi connectivity index (χ2n) is 4.06. The van der Waals surface area contributed by atoms with Crippen molar-refractivity contribution in [2.45, 2.75) is 45.7 Å². The van der Waals surface area contributed by atoms with Crippen LogP contribution in [0.5, 0.6) is 0 Å². The third-order valence-electron chi connectivity index (χ3n) is 2.48. The number of amides is 1. The van der Waals surface area contributed by atoms with Crippen LogP contribution in [-0.4, -0.2) is 21.9 Å². The van der Waals surface area contributed by atoms with Gasteiger partial charge in [0.15, 0.2) is 0 Å². The van der Waals surface area contributed by atoms with E-state index in [0.29, 0.717) is 12.4 Å². The summed E-state index contributed by atoms with van der Waals surface area (Å²) < 4.78 is 0. The molecule has 0 aliphatic heterocycles. The van der Waals surface area contributed by atoms with E-state index in [-0.39, 0.29) is 5.91 Å². The highest BCUT2D eigenvalue weighted by Crippen LogP contribution is 1.99. The molecule has 1 atom stereocenters. The summed E-state index contributed by atoms with van der Waals surface area (Å²) in [4.78, 5) is 19.8. The summed E-state index contributed by atoms with van der Waals surface area (Å²) in [5, 5.41) is 2.78. The number of rotatable bonds is 6. The van der Waals surface area contributed by atoms with Crippen LogP contribution in [0.3, 0.4) is 0 Å². The number of unbranched alkanes of at least 4 members (excludes halogenated alkanes) is 1. The predicted octanol–water partition coefficient (Wildman–Crippen LogP) is 0.919. The largest absolute Gasteiger partial charge is 0.349 e. The first kappa shape index (κ1) is 13.6. The minimum atomic E-state index is -0.419. The minimum Gasteiger partial charge on any atom is -0.349 e. The smallest absolute Gasteiger partial charge is 0.237 e. The molecule has 5 heteroatoms. The Morgan fingerprint density at radius 1 is 1.59 bits per heavy atom. The zero-order valence-electron chi connectivity index (χ0n) is 10.4. The normalized spacial score (nSPS) is 12.2. The Kier molecular flexibility index (Phi) is 5.56. The van der Waals surface area contributed by atoms with Crippen molar-refractivity contribution in [3.05, 3.63) is 23.8 Å². The lowest BCUT2D eigenvalue weighted by atomic mass is 10.1. The van der Waals surface area contributed by atoms with Gasteiger partial charge in [0.25, 0.3) is 0 Å². The quantitative estimate of drug-likeness (QED) is 0.769. The molecule has 0 aliphatic carbocycles. The maximum absolute atomic E-state index is 11.6. The van der Waals surface area contributed by atoms with Gasteiger partial charge in [-0.1, -0.05) is 19.8 Å². The summed E-state index contributed by atoms with van der Waals surface area (Å²) >= 11 is 0. The van der Waals surface area contributed by atoms with Gasteiger partial charge in [0.05, 0.1) is 18.3 Å². The van der Waals surface area contributed by atoms with Crippen molar-refractivity contribution in [1.82, 2.24) is 15.3 Å². The van der Waals surface area contributed by atoms with Crippen LogP contribution >= 0.6 is 0 Å². The fourth-order valence-corrected chi connectivity index (χ4v) is 1.47.